The van der Waals surface area contributed by atoms with E-state index in [2.05, 4.69) is 15.4 Å². The summed E-state index contributed by atoms with van der Waals surface area (Å²) in [5.41, 5.74) is 4.27. The Labute approximate surface area is 184 Å². The summed E-state index contributed by atoms with van der Waals surface area (Å²) in [5.74, 6) is -0.209. The summed E-state index contributed by atoms with van der Waals surface area (Å²) >= 11 is 5.99. The van der Waals surface area contributed by atoms with Crippen molar-refractivity contribution in [3.05, 3.63) is 107 Å². The van der Waals surface area contributed by atoms with Crippen molar-refractivity contribution in [2.24, 2.45) is 0 Å². The van der Waals surface area contributed by atoms with Crippen LogP contribution < -0.4 is 5.32 Å². The molecule has 6 heteroatoms. The molecule has 0 aliphatic rings. The van der Waals surface area contributed by atoms with E-state index in [4.69, 9.17) is 11.6 Å². The first-order valence-electron chi connectivity index (χ1n) is 9.99. The molecule has 0 saturated heterocycles. The lowest BCUT2D eigenvalue weighted by atomic mass is 10.1. The van der Waals surface area contributed by atoms with E-state index in [1.54, 1.807) is 6.20 Å². The maximum atomic E-state index is 13.0. The average molecular weight is 427 g/mol. The Bertz CT molecular complexity index is 1390. The molecule has 0 saturated carbocycles. The summed E-state index contributed by atoms with van der Waals surface area (Å²) in [6.07, 6.45) is 1.79. The van der Waals surface area contributed by atoms with Gasteiger partial charge < -0.3 is 5.32 Å². The van der Waals surface area contributed by atoms with Crippen molar-refractivity contribution < 1.29 is 4.79 Å². The van der Waals surface area contributed by atoms with Crippen LogP contribution in [0, 0.1) is 0 Å². The van der Waals surface area contributed by atoms with Crippen LogP contribution in [0.25, 0.3) is 21.8 Å². The standard InChI is InChI=1S/C25H19ClN4O/c26-20-11-9-17(10-12-20)16-30-23-8-4-2-6-21(23)24(29-30)25(31)28-15-18-13-19-5-1-3-7-22(19)27-14-18/h1-14H,15-16H2,(H,28,31). The molecule has 5 nitrogen and oxygen atoms in total. The van der Waals surface area contributed by atoms with Gasteiger partial charge >= 0.3 is 0 Å². The van der Waals surface area contributed by atoms with Crippen LogP contribution in [0.3, 0.4) is 0 Å². The van der Waals surface area contributed by atoms with Gasteiger partial charge in [-0.1, -0.05) is 60.1 Å². The number of aromatic nitrogens is 3. The molecule has 0 atom stereocenters. The minimum atomic E-state index is -0.209. The molecule has 5 rings (SSSR count). The van der Waals surface area contributed by atoms with E-state index in [1.165, 1.54) is 0 Å². The van der Waals surface area contributed by atoms with Crippen LogP contribution in [0.15, 0.2) is 85.1 Å². The van der Waals surface area contributed by atoms with Gasteiger partial charge in [-0.15, -0.1) is 0 Å². The van der Waals surface area contributed by atoms with Crippen LogP contribution in [0.4, 0.5) is 0 Å². The lowest BCUT2D eigenvalue weighted by Crippen LogP contribution is -2.23. The summed E-state index contributed by atoms with van der Waals surface area (Å²) in [6, 6.07) is 25.4. The average Bonchev–Trinajstić information content (AvgIpc) is 3.17. The normalized spacial score (nSPS) is 11.1. The molecule has 2 aromatic heterocycles. The fourth-order valence-electron chi connectivity index (χ4n) is 3.66. The lowest BCUT2D eigenvalue weighted by molar-refractivity contribution is 0.0946. The Balaban J connectivity index is 1.39. The second-order valence-corrected chi connectivity index (χ2v) is 7.81. The van der Waals surface area contributed by atoms with Gasteiger partial charge in [-0.25, -0.2) is 0 Å². The van der Waals surface area contributed by atoms with Crippen LogP contribution in [-0.2, 0) is 13.1 Å². The zero-order chi connectivity index (χ0) is 21.2. The second kappa shape index (κ2) is 8.20. The van der Waals surface area contributed by atoms with E-state index in [1.807, 2.05) is 83.5 Å². The molecular weight excluding hydrogens is 408 g/mol. The van der Waals surface area contributed by atoms with Crippen LogP contribution in [-0.4, -0.2) is 20.7 Å². The third-order valence-electron chi connectivity index (χ3n) is 5.22. The molecule has 3 aromatic carbocycles. The number of nitrogens with one attached hydrogen (secondary N) is 1. The fourth-order valence-corrected chi connectivity index (χ4v) is 3.78. The van der Waals surface area contributed by atoms with Crippen molar-refractivity contribution in [3.8, 4) is 0 Å². The van der Waals surface area contributed by atoms with Gasteiger partial charge in [0.25, 0.3) is 5.91 Å². The molecule has 31 heavy (non-hydrogen) atoms. The summed E-state index contributed by atoms with van der Waals surface area (Å²) in [7, 11) is 0. The number of amides is 1. The summed E-state index contributed by atoms with van der Waals surface area (Å²) in [4.78, 5) is 17.4. The molecule has 0 unspecified atom stereocenters. The van der Waals surface area contributed by atoms with E-state index < -0.39 is 0 Å². The second-order valence-electron chi connectivity index (χ2n) is 7.37. The number of nitrogens with zero attached hydrogens (tertiary/aromatic N) is 3. The number of fused-ring (bicyclic) bond motifs is 2. The zero-order valence-electron chi connectivity index (χ0n) is 16.6. The molecule has 0 aliphatic carbocycles. The largest absolute Gasteiger partial charge is 0.346 e. The maximum Gasteiger partial charge on any atom is 0.272 e. The third-order valence-corrected chi connectivity index (χ3v) is 5.47. The van der Waals surface area contributed by atoms with Gasteiger partial charge in [-0.3, -0.25) is 14.5 Å². The number of halogens is 1. The Morgan fingerprint density at radius 3 is 2.58 bits per heavy atom. The predicted molar refractivity (Wildman–Crippen MR) is 123 cm³/mol. The number of benzene rings is 3. The lowest BCUT2D eigenvalue weighted by Gasteiger charge is -2.05. The number of carbonyl (C=O) groups is 1. The maximum absolute atomic E-state index is 13.0. The Morgan fingerprint density at radius 1 is 0.935 bits per heavy atom. The molecule has 5 aromatic rings. The number of rotatable bonds is 5. The van der Waals surface area contributed by atoms with E-state index >= 15 is 0 Å². The Morgan fingerprint density at radius 2 is 1.71 bits per heavy atom. The first-order valence-corrected chi connectivity index (χ1v) is 10.4. The highest BCUT2D eigenvalue weighted by Gasteiger charge is 2.17. The van der Waals surface area contributed by atoms with E-state index in [-0.39, 0.29) is 5.91 Å². The zero-order valence-corrected chi connectivity index (χ0v) is 17.4. The van der Waals surface area contributed by atoms with Gasteiger partial charge in [0.2, 0.25) is 0 Å². The Hall–Kier alpha value is -3.70. The number of para-hydroxylation sites is 2. The predicted octanol–water partition coefficient (Wildman–Crippen LogP) is 5.22. The monoisotopic (exact) mass is 426 g/mol. The van der Waals surface area contributed by atoms with Crippen molar-refractivity contribution >= 4 is 39.3 Å². The summed E-state index contributed by atoms with van der Waals surface area (Å²) in [5, 5.41) is 10.2. The molecule has 0 aliphatic heterocycles. The van der Waals surface area contributed by atoms with Crippen LogP contribution in [0.5, 0.6) is 0 Å². The van der Waals surface area contributed by atoms with Crippen LogP contribution in [0.1, 0.15) is 21.6 Å². The van der Waals surface area contributed by atoms with Crippen LogP contribution >= 0.6 is 11.6 Å². The molecule has 1 N–H and O–H groups in total. The van der Waals surface area contributed by atoms with Crippen molar-refractivity contribution in [3.63, 3.8) is 0 Å². The number of hydrogen-bond donors (Lipinski definition) is 1. The van der Waals surface area contributed by atoms with Crippen LogP contribution in [0.2, 0.25) is 5.02 Å². The molecule has 1 amide bonds. The molecule has 0 spiro atoms. The van der Waals surface area contributed by atoms with Crippen molar-refractivity contribution in [1.29, 1.82) is 0 Å². The minimum Gasteiger partial charge on any atom is -0.346 e. The topological polar surface area (TPSA) is 59.8 Å². The highest BCUT2D eigenvalue weighted by atomic mass is 35.5. The van der Waals surface area contributed by atoms with Gasteiger partial charge in [-0.05, 0) is 41.5 Å². The molecular formula is C25H19ClN4O. The highest BCUT2D eigenvalue weighted by Crippen LogP contribution is 2.21. The minimum absolute atomic E-state index is 0.209. The quantitative estimate of drug-likeness (QED) is 0.419. The van der Waals surface area contributed by atoms with Gasteiger partial charge in [0.05, 0.1) is 17.6 Å². The number of pyridine rings is 1. The first-order chi connectivity index (χ1) is 15.2. The molecule has 152 valence electrons. The molecule has 0 radical (unpaired) electrons. The highest BCUT2D eigenvalue weighted by molar-refractivity contribution is 6.30. The molecule has 2 heterocycles. The Kier molecular flexibility index (Phi) is 5.10. The van der Waals surface area contributed by atoms with Crippen molar-refractivity contribution in [2.45, 2.75) is 13.1 Å². The van der Waals surface area contributed by atoms with Gasteiger partial charge in [0.15, 0.2) is 5.69 Å². The first kappa shape index (κ1) is 19.3. The van der Waals surface area contributed by atoms with Gasteiger partial charge in [0, 0.05) is 28.5 Å². The number of carbonyl (C=O) groups excluding carboxylic acids is 1. The summed E-state index contributed by atoms with van der Waals surface area (Å²) in [6.45, 7) is 0.939. The molecule has 0 fully saturated rings. The number of hydrogen-bond acceptors (Lipinski definition) is 3. The third kappa shape index (κ3) is 4.00. The fraction of sp³-hybridized carbons (Fsp3) is 0.0800. The van der Waals surface area contributed by atoms with E-state index in [0.29, 0.717) is 23.8 Å². The molecule has 0 bridgehead atoms. The smallest absolute Gasteiger partial charge is 0.272 e. The van der Waals surface area contributed by atoms with Gasteiger partial charge in [0.1, 0.15) is 0 Å². The summed E-state index contributed by atoms with van der Waals surface area (Å²) < 4.78 is 1.85. The van der Waals surface area contributed by atoms with Crippen molar-refractivity contribution in [2.75, 3.05) is 0 Å². The van der Waals surface area contributed by atoms with Crippen molar-refractivity contribution in [1.82, 2.24) is 20.1 Å². The van der Waals surface area contributed by atoms with Gasteiger partial charge in [-0.2, -0.15) is 5.10 Å². The van der Waals surface area contributed by atoms with E-state index in [0.717, 1.165) is 32.9 Å². The van der Waals surface area contributed by atoms with E-state index in [9.17, 15) is 4.79 Å². The SMILES string of the molecule is O=C(NCc1cnc2ccccc2c1)c1nn(Cc2ccc(Cl)cc2)c2ccccc12.